The van der Waals surface area contributed by atoms with Crippen molar-refractivity contribution in [1.29, 1.82) is 0 Å². The van der Waals surface area contributed by atoms with Gasteiger partial charge in [0.05, 0.1) is 6.61 Å². The summed E-state index contributed by atoms with van der Waals surface area (Å²) in [6.07, 6.45) is 5.73. The fourth-order valence-corrected chi connectivity index (χ4v) is 4.02. The maximum Gasteiger partial charge on any atom is 0.256 e. The molecule has 3 rings (SSSR count). The highest BCUT2D eigenvalue weighted by atomic mass is 16.5. The van der Waals surface area contributed by atoms with Gasteiger partial charge in [0.25, 0.3) is 5.91 Å². The van der Waals surface area contributed by atoms with Gasteiger partial charge in [0.2, 0.25) is 5.88 Å². The van der Waals surface area contributed by atoms with Crippen LogP contribution in [0.3, 0.4) is 0 Å². The fraction of sp³-hybridized carbons (Fsp3) is 0.700. The zero-order valence-corrected chi connectivity index (χ0v) is 16.1. The number of likely N-dealkylation sites (tertiary alicyclic amines) is 1. The van der Waals surface area contributed by atoms with Crippen LogP contribution in [0.5, 0.6) is 5.88 Å². The first-order valence-electron chi connectivity index (χ1n) is 9.86. The number of hydrogen-bond acceptors (Lipinski definition) is 5. The second-order valence-electron chi connectivity index (χ2n) is 7.31. The fourth-order valence-electron chi connectivity index (χ4n) is 4.02. The Morgan fingerprint density at radius 2 is 2.00 bits per heavy atom. The van der Waals surface area contributed by atoms with E-state index in [1.165, 1.54) is 19.3 Å². The van der Waals surface area contributed by atoms with Crippen LogP contribution in [-0.2, 0) is 4.74 Å². The molecule has 144 valence electrons. The Balaban J connectivity index is 1.71. The zero-order valence-electron chi connectivity index (χ0n) is 16.1. The molecule has 1 aromatic heterocycles. The molecule has 0 bridgehead atoms. The minimum atomic E-state index is -0.108. The highest BCUT2D eigenvalue weighted by Gasteiger charge is 2.39. The average Bonchev–Trinajstić information content (AvgIpc) is 2.68. The van der Waals surface area contributed by atoms with E-state index in [-0.39, 0.29) is 11.4 Å². The van der Waals surface area contributed by atoms with Gasteiger partial charge in [0.15, 0.2) is 0 Å². The smallest absolute Gasteiger partial charge is 0.256 e. The second kappa shape index (κ2) is 8.82. The molecule has 2 aliphatic heterocycles. The van der Waals surface area contributed by atoms with E-state index in [0.717, 1.165) is 44.8 Å². The monoisotopic (exact) mass is 361 g/mol. The molecule has 0 saturated carbocycles. The maximum atomic E-state index is 12.8. The molecule has 0 atom stereocenters. The van der Waals surface area contributed by atoms with Crippen LogP contribution in [0.2, 0.25) is 0 Å². The van der Waals surface area contributed by atoms with E-state index < -0.39 is 0 Å². The Labute approximate surface area is 156 Å². The molecule has 1 amide bonds. The minimum absolute atomic E-state index is 0.0121. The van der Waals surface area contributed by atoms with Crippen LogP contribution in [0.15, 0.2) is 12.1 Å². The van der Waals surface area contributed by atoms with Gasteiger partial charge in [-0.1, -0.05) is 6.42 Å². The van der Waals surface area contributed by atoms with Crippen molar-refractivity contribution >= 4 is 5.91 Å². The molecule has 6 heteroatoms. The molecular formula is C20H31N3O3. The lowest BCUT2D eigenvalue weighted by atomic mass is 9.86. The summed E-state index contributed by atoms with van der Waals surface area (Å²) >= 11 is 0. The van der Waals surface area contributed by atoms with Crippen LogP contribution in [0, 0.1) is 6.92 Å². The normalized spacial score (nSPS) is 20.5. The van der Waals surface area contributed by atoms with Crippen LogP contribution in [0.4, 0.5) is 0 Å². The SMILES string of the molecule is CCOc1nc(C)ccc1C(=O)NCC1(N2CCCCC2)CCOCC1. The van der Waals surface area contributed by atoms with Crippen molar-refractivity contribution in [3.63, 3.8) is 0 Å². The molecule has 0 spiro atoms. The summed E-state index contributed by atoms with van der Waals surface area (Å²) < 4.78 is 11.2. The molecule has 0 radical (unpaired) electrons. The van der Waals surface area contributed by atoms with Gasteiger partial charge < -0.3 is 14.8 Å². The van der Waals surface area contributed by atoms with Crippen molar-refractivity contribution in [2.45, 2.75) is 51.5 Å². The summed E-state index contributed by atoms with van der Waals surface area (Å²) in [5, 5.41) is 3.17. The molecule has 6 nitrogen and oxygen atoms in total. The summed E-state index contributed by atoms with van der Waals surface area (Å²) in [4.78, 5) is 19.8. The predicted molar refractivity (Wildman–Crippen MR) is 101 cm³/mol. The van der Waals surface area contributed by atoms with Gasteiger partial charge in [-0.15, -0.1) is 0 Å². The highest BCUT2D eigenvalue weighted by Crippen LogP contribution is 2.30. The van der Waals surface area contributed by atoms with Crippen LogP contribution in [-0.4, -0.2) is 60.8 Å². The van der Waals surface area contributed by atoms with Crippen molar-refractivity contribution in [2.75, 3.05) is 39.5 Å². The highest BCUT2D eigenvalue weighted by molar-refractivity contribution is 5.96. The van der Waals surface area contributed by atoms with Crippen LogP contribution in [0.1, 0.15) is 55.1 Å². The van der Waals surface area contributed by atoms with E-state index in [2.05, 4.69) is 15.2 Å². The standard InChI is InChI=1S/C20H31N3O3/c1-3-26-19-17(8-7-16(2)22-19)18(24)21-15-20(9-13-25-14-10-20)23-11-5-4-6-12-23/h7-8H,3-6,9-15H2,1-2H3,(H,21,24). The Morgan fingerprint density at radius 3 is 2.69 bits per heavy atom. The summed E-state index contributed by atoms with van der Waals surface area (Å²) in [6.45, 7) is 8.71. The number of carbonyl (C=O) groups excluding carboxylic acids is 1. The quantitative estimate of drug-likeness (QED) is 0.844. The van der Waals surface area contributed by atoms with E-state index in [1.54, 1.807) is 6.07 Å². The molecule has 1 N–H and O–H groups in total. The molecule has 0 unspecified atom stereocenters. The van der Waals surface area contributed by atoms with E-state index in [9.17, 15) is 4.79 Å². The van der Waals surface area contributed by atoms with Gasteiger partial charge in [-0.05, 0) is 64.8 Å². The number of rotatable bonds is 6. The topological polar surface area (TPSA) is 63.7 Å². The van der Waals surface area contributed by atoms with Crippen molar-refractivity contribution in [3.05, 3.63) is 23.4 Å². The third-order valence-electron chi connectivity index (χ3n) is 5.55. The molecule has 2 aliphatic rings. The Hall–Kier alpha value is -1.66. The first-order valence-corrected chi connectivity index (χ1v) is 9.86. The Morgan fingerprint density at radius 1 is 1.27 bits per heavy atom. The first-order chi connectivity index (χ1) is 12.6. The summed E-state index contributed by atoms with van der Waals surface area (Å²) in [6, 6.07) is 3.66. The van der Waals surface area contributed by atoms with Gasteiger partial charge in [-0.25, -0.2) is 4.98 Å². The number of hydrogen-bond donors (Lipinski definition) is 1. The number of carbonyl (C=O) groups is 1. The minimum Gasteiger partial charge on any atom is -0.477 e. The van der Waals surface area contributed by atoms with Crippen molar-refractivity contribution in [1.82, 2.24) is 15.2 Å². The van der Waals surface area contributed by atoms with Gasteiger partial charge in [0.1, 0.15) is 5.56 Å². The van der Waals surface area contributed by atoms with E-state index in [0.29, 0.717) is 24.6 Å². The summed E-state index contributed by atoms with van der Waals surface area (Å²) in [7, 11) is 0. The number of amides is 1. The summed E-state index contributed by atoms with van der Waals surface area (Å²) in [5.74, 6) is 0.313. The van der Waals surface area contributed by atoms with Gasteiger partial charge in [0, 0.05) is 31.0 Å². The van der Waals surface area contributed by atoms with Crippen molar-refractivity contribution in [2.24, 2.45) is 0 Å². The van der Waals surface area contributed by atoms with E-state index >= 15 is 0 Å². The number of nitrogens with one attached hydrogen (secondary N) is 1. The van der Waals surface area contributed by atoms with Crippen molar-refractivity contribution in [3.8, 4) is 5.88 Å². The van der Waals surface area contributed by atoms with E-state index in [4.69, 9.17) is 9.47 Å². The van der Waals surface area contributed by atoms with Gasteiger partial charge >= 0.3 is 0 Å². The molecular weight excluding hydrogens is 330 g/mol. The lowest BCUT2D eigenvalue weighted by molar-refractivity contribution is -0.0349. The third kappa shape index (κ3) is 4.35. The summed E-state index contributed by atoms with van der Waals surface area (Å²) in [5.41, 5.74) is 1.37. The molecule has 1 aromatic rings. The second-order valence-corrected chi connectivity index (χ2v) is 7.31. The largest absolute Gasteiger partial charge is 0.477 e. The molecule has 2 saturated heterocycles. The third-order valence-corrected chi connectivity index (χ3v) is 5.55. The molecule has 26 heavy (non-hydrogen) atoms. The number of aryl methyl sites for hydroxylation is 1. The molecule has 3 heterocycles. The van der Waals surface area contributed by atoms with Crippen LogP contribution >= 0.6 is 0 Å². The molecule has 0 aliphatic carbocycles. The average molecular weight is 361 g/mol. The Kier molecular flexibility index (Phi) is 6.48. The van der Waals surface area contributed by atoms with Crippen molar-refractivity contribution < 1.29 is 14.3 Å². The lowest BCUT2D eigenvalue weighted by Gasteiger charge is -2.48. The number of ether oxygens (including phenoxy) is 2. The van der Waals surface area contributed by atoms with E-state index in [1.807, 2.05) is 19.9 Å². The zero-order chi connectivity index (χ0) is 18.4. The Bertz CT molecular complexity index is 608. The number of piperidine rings is 1. The van der Waals surface area contributed by atoms with Gasteiger partial charge in [-0.2, -0.15) is 0 Å². The lowest BCUT2D eigenvalue weighted by Crippen LogP contribution is -2.59. The first kappa shape index (κ1) is 19.1. The predicted octanol–water partition coefficient (Wildman–Crippen LogP) is 2.55. The maximum absolute atomic E-state index is 12.8. The number of pyridine rings is 1. The molecule has 2 fully saturated rings. The number of nitrogens with zero attached hydrogens (tertiary/aromatic N) is 2. The molecule has 0 aromatic carbocycles. The van der Waals surface area contributed by atoms with Crippen LogP contribution < -0.4 is 10.1 Å². The number of aromatic nitrogens is 1. The van der Waals surface area contributed by atoms with Crippen LogP contribution in [0.25, 0.3) is 0 Å². The van der Waals surface area contributed by atoms with Gasteiger partial charge in [-0.3, -0.25) is 9.69 Å².